The summed E-state index contributed by atoms with van der Waals surface area (Å²) < 4.78 is 0. The van der Waals surface area contributed by atoms with Crippen LogP contribution in [0.4, 0.5) is 0 Å². The van der Waals surface area contributed by atoms with Gasteiger partial charge in [-0.3, -0.25) is 14.8 Å². The molecule has 0 unspecified atom stereocenters. The van der Waals surface area contributed by atoms with Gasteiger partial charge in [0, 0.05) is 38.1 Å². The maximum absolute atomic E-state index is 10.0. The molecule has 1 heterocycles. The fraction of sp³-hybridized carbons (Fsp3) is 0.105. The van der Waals surface area contributed by atoms with E-state index in [1.54, 1.807) is 6.20 Å². The Labute approximate surface area is 154 Å². The largest absolute Gasteiger partial charge is 0.512 e. The zero-order chi connectivity index (χ0) is 16.7. The Morgan fingerprint density at radius 2 is 1.75 bits per heavy atom. The zero-order valence-corrected chi connectivity index (χ0v) is 15.8. The first-order chi connectivity index (χ1) is 11.1. The van der Waals surface area contributed by atoms with Crippen molar-refractivity contribution in [2.75, 3.05) is 0 Å². The van der Waals surface area contributed by atoms with Crippen LogP contribution in [0.15, 0.2) is 66.6 Å². The van der Waals surface area contributed by atoms with Gasteiger partial charge >= 0.3 is 0 Å². The van der Waals surface area contributed by atoms with Gasteiger partial charge in [-0.1, -0.05) is 12.1 Å². The van der Waals surface area contributed by atoms with Crippen molar-refractivity contribution >= 4 is 16.8 Å². The van der Waals surface area contributed by atoms with Gasteiger partial charge in [0.1, 0.15) is 0 Å². The third-order valence-electron chi connectivity index (χ3n) is 2.85. The van der Waals surface area contributed by atoms with Gasteiger partial charge in [-0.2, -0.15) is 0 Å². The van der Waals surface area contributed by atoms with Crippen LogP contribution < -0.4 is 0 Å². The molecule has 0 atom stereocenters. The number of fused-ring (bicyclic) bond motifs is 1. The number of nitrogens with zero attached hydrogens (tertiary/aromatic N) is 2. The maximum atomic E-state index is 10.0. The predicted molar refractivity (Wildman–Crippen MR) is 90.9 cm³/mol. The minimum absolute atomic E-state index is 0. The molecular formula is C19H17IrN2O2-. The summed E-state index contributed by atoms with van der Waals surface area (Å²) in [4.78, 5) is 18.9. The fourth-order valence-corrected chi connectivity index (χ4v) is 1.93. The van der Waals surface area contributed by atoms with Crippen LogP contribution in [0.3, 0.4) is 0 Å². The van der Waals surface area contributed by atoms with Crippen molar-refractivity contribution in [1.82, 2.24) is 9.97 Å². The first-order valence-corrected chi connectivity index (χ1v) is 7.13. The van der Waals surface area contributed by atoms with E-state index < -0.39 is 0 Å². The number of aromatic nitrogens is 2. The number of hydrogen-bond acceptors (Lipinski definition) is 4. The second-order valence-corrected chi connectivity index (χ2v) is 4.92. The minimum atomic E-state index is -0.125. The number of carbonyl (C=O) groups excluding carboxylic acids is 1. The van der Waals surface area contributed by atoms with Gasteiger partial charge < -0.3 is 5.11 Å². The summed E-state index contributed by atoms with van der Waals surface area (Å²) in [6.45, 7) is 2.85. The average Bonchev–Trinajstić information content (AvgIpc) is 2.54. The number of allylic oxidation sites excluding steroid dienone is 2. The molecule has 0 saturated heterocycles. The second-order valence-electron chi connectivity index (χ2n) is 4.92. The van der Waals surface area contributed by atoms with Crippen LogP contribution in [0.25, 0.3) is 22.3 Å². The van der Waals surface area contributed by atoms with Crippen LogP contribution in [0.1, 0.15) is 13.8 Å². The molecule has 0 saturated carbocycles. The third-order valence-corrected chi connectivity index (χ3v) is 2.85. The van der Waals surface area contributed by atoms with E-state index in [4.69, 9.17) is 5.11 Å². The van der Waals surface area contributed by atoms with Gasteiger partial charge in [-0.15, -0.1) is 35.9 Å². The molecule has 3 aromatic rings. The van der Waals surface area contributed by atoms with Crippen LogP contribution in [0.5, 0.6) is 0 Å². The summed E-state index contributed by atoms with van der Waals surface area (Å²) in [5.74, 6) is -0.0625. The van der Waals surface area contributed by atoms with Gasteiger partial charge in [0.05, 0.1) is 16.8 Å². The molecule has 2 aromatic carbocycles. The molecule has 0 amide bonds. The van der Waals surface area contributed by atoms with Gasteiger partial charge in [-0.25, -0.2) is 0 Å². The molecule has 1 radical (unpaired) electrons. The fourth-order valence-electron chi connectivity index (χ4n) is 1.93. The standard InChI is InChI=1S/C14H9N2.C5H8O2.Ir/c1-2-6-11(7-3-1)14-10-15-12-8-4-5-9-13(12)16-14;1-4(6)3-5(2)7;/h1-6,8-10H;3,6H,1-2H3;/q-1;;/b;4-3-;. The molecule has 1 aromatic heterocycles. The zero-order valence-electron chi connectivity index (χ0n) is 13.4. The van der Waals surface area contributed by atoms with E-state index >= 15 is 0 Å². The molecule has 0 aliphatic rings. The van der Waals surface area contributed by atoms with Crippen LogP contribution in [-0.2, 0) is 24.9 Å². The van der Waals surface area contributed by atoms with Crippen molar-refractivity contribution in [2.24, 2.45) is 0 Å². The predicted octanol–water partition coefficient (Wildman–Crippen LogP) is 4.13. The summed E-state index contributed by atoms with van der Waals surface area (Å²) in [5, 5.41) is 8.36. The van der Waals surface area contributed by atoms with Gasteiger partial charge in [0.2, 0.25) is 0 Å². The van der Waals surface area contributed by atoms with E-state index in [-0.39, 0.29) is 31.6 Å². The van der Waals surface area contributed by atoms with E-state index in [1.165, 1.54) is 19.9 Å². The van der Waals surface area contributed by atoms with Crippen molar-refractivity contribution in [3.8, 4) is 11.3 Å². The Morgan fingerprint density at radius 3 is 2.29 bits per heavy atom. The Bertz CT molecular complexity index is 829. The van der Waals surface area contributed by atoms with Crippen molar-refractivity contribution in [3.63, 3.8) is 0 Å². The van der Waals surface area contributed by atoms with Gasteiger partial charge in [0.25, 0.3) is 0 Å². The number of benzene rings is 2. The van der Waals surface area contributed by atoms with E-state index in [9.17, 15) is 4.79 Å². The molecular weight excluding hydrogens is 480 g/mol. The summed E-state index contributed by atoms with van der Waals surface area (Å²) in [6, 6.07) is 18.8. The van der Waals surface area contributed by atoms with E-state index in [0.717, 1.165) is 22.3 Å². The summed E-state index contributed by atoms with van der Waals surface area (Å²) in [6.07, 6.45) is 2.95. The third kappa shape index (κ3) is 6.03. The molecule has 0 aliphatic heterocycles. The molecule has 3 rings (SSSR count). The normalized spacial score (nSPS) is 10.3. The molecule has 0 spiro atoms. The summed E-state index contributed by atoms with van der Waals surface area (Å²) in [7, 11) is 0. The first kappa shape index (κ1) is 19.7. The van der Waals surface area contributed by atoms with E-state index in [1.807, 2.05) is 48.5 Å². The van der Waals surface area contributed by atoms with Gasteiger partial charge in [-0.05, 0) is 26.0 Å². The number of carbonyl (C=O) groups is 1. The van der Waals surface area contributed by atoms with E-state index in [2.05, 4.69) is 16.0 Å². The molecule has 4 nitrogen and oxygen atoms in total. The van der Waals surface area contributed by atoms with Gasteiger partial charge in [0.15, 0.2) is 5.78 Å². The Balaban J connectivity index is 0.000000312. The second kappa shape index (κ2) is 9.71. The Kier molecular flexibility index (Phi) is 7.96. The number of ketones is 1. The average molecular weight is 498 g/mol. The monoisotopic (exact) mass is 498 g/mol. The number of rotatable bonds is 2. The van der Waals surface area contributed by atoms with Crippen LogP contribution in [0.2, 0.25) is 0 Å². The van der Waals surface area contributed by atoms with Crippen LogP contribution in [0, 0.1) is 6.07 Å². The number of aliphatic hydroxyl groups excluding tert-OH is 1. The van der Waals surface area contributed by atoms with Crippen LogP contribution in [-0.4, -0.2) is 20.9 Å². The molecule has 24 heavy (non-hydrogen) atoms. The molecule has 1 N–H and O–H groups in total. The van der Waals surface area contributed by atoms with Crippen molar-refractivity contribution < 1.29 is 30.0 Å². The first-order valence-electron chi connectivity index (χ1n) is 7.13. The SMILES string of the molecule is CC(=O)/C=C(/C)O.[Ir].[c-]1ccccc1-c1cnc2ccccc2n1. The molecule has 0 fully saturated rings. The van der Waals surface area contributed by atoms with Crippen molar-refractivity contribution in [1.29, 1.82) is 0 Å². The number of aliphatic hydroxyl groups is 1. The van der Waals surface area contributed by atoms with Crippen LogP contribution >= 0.6 is 0 Å². The number of hydrogen-bond donors (Lipinski definition) is 1. The molecule has 5 heteroatoms. The Hall–Kier alpha value is -2.36. The quantitative estimate of drug-likeness (QED) is 0.329. The van der Waals surface area contributed by atoms with E-state index in [0.29, 0.717) is 0 Å². The summed E-state index contributed by atoms with van der Waals surface area (Å²) in [5.41, 5.74) is 3.67. The molecule has 0 aliphatic carbocycles. The molecule has 125 valence electrons. The Morgan fingerprint density at radius 1 is 1.08 bits per heavy atom. The summed E-state index contributed by atoms with van der Waals surface area (Å²) >= 11 is 0. The topological polar surface area (TPSA) is 63.1 Å². The maximum Gasteiger partial charge on any atom is 0.155 e. The number of para-hydroxylation sites is 2. The van der Waals surface area contributed by atoms with Crippen molar-refractivity contribution in [2.45, 2.75) is 13.8 Å². The molecule has 0 bridgehead atoms. The van der Waals surface area contributed by atoms with Crippen molar-refractivity contribution in [3.05, 3.63) is 72.6 Å². The minimum Gasteiger partial charge on any atom is -0.512 e. The smallest absolute Gasteiger partial charge is 0.155 e.